The molecular formula is C19H19ClFN5O. The Labute approximate surface area is 162 Å². The standard InChI is InChI=1S/C19H18FN5O.ClH/c20-14-6-4-13(5-7-14)9-24-10-16-18(11-24)26-12-17-19(22-23-25(16)17)15-3-1-2-8-21-15;/h1-8,16,18H,9-12H2;1H/t16-,18-;/m0./s1. The molecule has 2 aromatic heterocycles. The molecule has 2 atom stereocenters. The first-order chi connectivity index (χ1) is 12.8. The molecule has 0 N–H and O–H groups in total. The van der Waals surface area contributed by atoms with Gasteiger partial charge < -0.3 is 4.74 Å². The highest BCUT2D eigenvalue weighted by molar-refractivity contribution is 5.85. The lowest BCUT2D eigenvalue weighted by Crippen LogP contribution is -2.32. The minimum Gasteiger partial charge on any atom is -0.368 e. The Balaban J connectivity index is 0.00000180. The molecule has 0 aliphatic carbocycles. The zero-order valence-electron chi connectivity index (χ0n) is 14.5. The lowest BCUT2D eigenvalue weighted by molar-refractivity contribution is -0.00495. The lowest BCUT2D eigenvalue weighted by Gasteiger charge is -2.26. The molecule has 0 bridgehead atoms. The average molecular weight is 388 g/mol. The quantitative estimate of drug-likeness (QED) is 0.691. The molecule has 2 aliphatic heterocycles. The zero-order valence-corrected chi connectivity index (χ0v) is 15.3. The highest BCUT2D eigenvalue weighted by atomic mass is 35.5. The van der Waals surface area contributed by atoms with Crippen molar-refractivity contribution < 1.29 is 9.13 Å². The molecule has 5 rings (SSSR count). The fourth-order valence-corrected chi connectivity index (χ4v) is 3.81. The van der Waals surface area contributed by atoms with Crippen LogP contribution in [0.5, 0.6) is 0 Å². The molecule has 0 unspecified atom stereocenters. The van der Waals surface area contributed by atoms with Crippen LogP contribution in [0.3, 0.4) is 0 Å². The van der Waals surface area contributed by atoms with Gasteiger partial charge >= 0.3 is 0 Å². The molecule has 0 radical (unpaired) electrons. The van der Waals surface area contributed by atoms with Crippen molar-refractivity contribution >= 4 is 12.4 Å². The van der Waals surface area contributed by atoms with Crippen molar-refractivity contribution in [3.63, 3.8) is 0 Å². The van der Waals surface area contributed by atoms with E-state index in [1.807, 2.05) is 35.0 Å². The van der Waals surface area contributed by atoms with Crippen molar-refractivity contribution in [2.24, 2.45) is 0 Å². The molecule has 0 amide bonds. The van der Waals surface area contributed by atoms with E-state index in [1.54, 1.807) is 6.20 Å². The molecule has 6 nitrogen and oxygen atoms in total. The molecule has 1 saturated heterocycles. The predicted molar refractivity (Wildman–Crippen MR) is 99.8 cm³/mol. The van der Waals surface area contributed by atoms with Crippen molar-refractivity contribution in [3.05, 3.63) is 65.7 Å². The Hall–Kier alpha value is -2.35. The van der Waals surface area contributed by atoms with Crippen LogP contribution in [0, 0.1) is 5.82 Å². The Bertz CT molecular complexity index is 918. The second-order valence-electron chi connectivity index (χ2n) is 6.78. The largest absolute Gasteiger partial charge is 0.368 e. The third kappa shape index (κ3) is 3.34. The maximum Gasteiger partial charge on any atom is 0.137 e. The van der Waals surface area contributed by atoms with Gasteiger partial charge in [-0.1, -0.05) is 23.4 Å². The number of hydrogen-bond donors (Lipinski definition) is 0. The number of halogens is 2. The number of aromatic nitrogens is 4. The Morgan fingerprint density at radius 1 is 1.11 bits per heavy atom. The van der Waals surface area contributed by atoms with Gasteiger partial charge in [0.1, 0.15) is 11.5 Å². The maximum absolute atomic E-state index is 13.1. The van der Waals surface area contributed by atoms with Crippen LogP contribution in [0.1, 0.15) is 17.3 Å². The van der Waals surface area contributed by atoms with Crippen LogP contribution >= 0.6 is 12.4 Å². The number of nitrogens with zero attached hydrogens (tertiary/aromatic N) is 5. The molecule has 8 heteroatoms. The molecule has 1 aromatic carbocycles. The summed E-state index contributed by atoms with van der Waals surface area (Å²) in [5.74, 6) is -0.207. The van der Waals surface area contributed by atoms with Gasteiger partial charge in [0.05, 0.1) is 30.1 Å². The summed E-state index contributed by atoms with van der Waals surface area (Å²) in [7, 11) is 0. The summed E-state index contributed by atoms with van der Waals surface area (Å²) in [4.78, 5) is 6.70. The van der Waals surface area contributed by atoms with E-state index in [9.17, 15) is 4.39 Å². The van der Waals surface area contributed by atoms with Gasteiger partial charge in [-0.3, -0.25) is 9.88 Å². The third-order valence-corrected chi connectivity index (χ3v) is 5.08. The topological polar surface area (TPSA) is 56.1 Å². The SMILES string of the molecule is Cl.Fc1ccc(CN2C[C@@H]3OCc4c(-c5ccccn5)nnn4[C@H]3C2)cc1. The summed E-state index contributed by atoms with van der Waals surface area (Å²) < 4.78 is 21.2. The number of likely N-dealkylation sites (tertiary alicyclic amines) is 1. The number of fused-ring (bicyclic) bond motifs is 3. The van der Waals surface area contributed by atoms with Crippen LogP contribution in [-0.2, 0) is 17.9 Å². The van der Waals surface area contributed by atoms with Crippen LogP contribution in [0.15, 0.2) is 48.7 Å². The average Bonchev–Trinajstić information content (AvgIpc) is 3.27. The molecular weight excluding hydrogens is 369 g/mol. The van der Waals surface area contributed by atoms with Crippen molar-refractivity contribution in [1.29, 1.82) is 0 Å². The Morgan fingerprint density at radius 3 is 2.74 bits per heavy atom. The predicted octanol–water partition coefficient (Wildman–Crippen LogP) is 2.86. The molecule has 4 heterocycles. The van der Waals surface area contributed by atoms with Gasteiger partial charge in [0.25, 0.3) is 0 Å². The number of pyridine rings is 1. The van der Waals surface area contributed by atoms with E-state index in [0.717, 1.165) is 42.3 Å². The lowest BCUT2D eigenvalue weighted by atomic mass is 10.1. The maximum atomic E-state index is 13.1. The minimum absolute atomic E-state index is 0. The van der Waals surface area contributed by atoms with Gasteiger partial charge in [-0.25, -0.2) is 9.07 Å². The normalized spacial score (nSPS) is 21.4. The number of hydrogen-bond acceptors (Lipinski definition) is 5. The summed E-state index contributed by atoms with van der Waals surface area (Å²) >= 11 is 0. The summed E-state index contributed by atoms with van der Waals surface area (Å²) in [6.45, 7) is 2.93. The van der Waals surface area contributed by atoms with Crippen molar-refractivity contribution in [2.75, 3.05) is 13.1 Å². The van der Waals surface area contributed by atoms with Crippen LogP contribution in [0.4, 0.5) is 4.39 Å². The fraction of sp³-hybridized carbons (Fsp3) is 0.316. The zero-order chi connectivity index (χ0) is 17.5. The first kappa shape index (κ1) is 18.0. The van der Waals surface area contributed by atoms with Crippen LogP contribution in [0.25, 0.3) is 11.4 Å². The molecule has 140 valence electrons. The van der Waals surface area contributed by atoms with Crippen LogP contribution < -0.4 is 0 Å². The summed E-state index contributed by atoms with van der Waals surface area (Å²) in [5.41, 5.74) is 3.68. The van der Waals surface area contributed by atoms with Gasteiger partial charge in [0, 0.05) is 25.8 Å². The van der Waals surface area contributed by atoms with Gasteiger partial charge in [-0.15, -0.1) is 17.5 Å². The summed E-state index contributed by atoms with van der Waals surface area (Å²) in [6.07, 6.45) is 1.86. The molecule has 0 spiro atoms. The number of ether oxygens (including phenoxy) is 1. The molecule has 2 aliphatic rings. The van der Waals surface area contributed by atoms with Crippen LogP contribution in [-0.4, -0.2) is 44.1 Å². The Kier molecular flexibility index (Phi) is 4.90. The van der Waals surface area contributed by atoms with Crippen molar-refractivity contribution in [3.8, 4) is 11.4 Å². The first-order valence-electron chi connectivity index (χ1n) is 8.72. The summed E-state index contributed by atoms with van der Waals surface area (Å²) in [5, 5.41) is 8.76. The van der Waals surface area contributed by atoms with Crippen molar-refractivity contribution in [1.82, 2.24) is 24.9 Å². The van der Waals surface area contributed by atoms with E-state index in [4.69, 9.17) is 4.74 Å². The van der Waals surface area contributed by atoms with E-state index in [0.29, 0.717) is 6.61 Å². The third-order valence-electron chi connectivity index (χ3n) is 5.08. The summed E-state index contributed by atoms with van der Waals surface area (Å²) in [6, 6.07) is 12.6. The fourth-order valence-electron chi connectivity index (χ4n) is 3.81. The van der Waals surface area contributed by atoms with E-state index in [2.05, 4.69) is 20.2 Å². The molecule has 27 heavy (non-hydrogen) atoms. The van der Waals surface area contributed by atoms with E-state index in [1.165, 1.54) is 12.1 Å². The minimum atomic E-state index is -0.207. The van der Waals surface area contributed by atoms with Gasteiger partial charge in [0.15, 0.2) is 0 Å². The number of benzene rings is 1. The first-order valence-corrected chi connectivity index (χ1v) is 8.72. The smallest absolute Gasteiger partial charge is 0.137 e. The van der Waals surface area contributed by atoms with E-state index < -0.39 is 0 Å². The second kappa shape index (κ2) is 7.34. The van der Waals surface area contributed by atoms with Gasteiger partial charge in [-0.2, -0.15) is 0 Å². The number of rotatable bonds is 3. The van der Waals surface area contributed by atoms with Gasteiger partial charge in [-0.05, 0) is 29.8 Å². The highest BCUT2D eigenvalue weighted by Gasteiger charge is 2.40. The monoisotopic (exact) mass is 387 g/mol. The molecule has 0 saturated carbocycles. The van der Waals surface area contributed by atoms with Crippen LogP contribution in [0.2, 0.25) is 0 Å². The van der Waals surface area contributed by atoms with Crippen molar-refractivity contribution in [2.45, 2.75) is 25.3 Å². The van der Waals surface area contributed by atoms with E-state index in [-0.39, 0.29) is 30.4 Å². The second-order valence-corrected chi connectivity index (χ2v) is 6.78. The molecule has 3 aromatic rings. The molecule has 1 fully saturated rings. The van der Waals surface area contributed by atoms with E-state index >= 15 is 0 Å². The highest BCUT2D eigenvalue weighted by Crippen LogP contribution is 2.34. The Morgan fingerprint density at radius 2 is 1.96 bits per heavy atom. The van der Waals surface area contributed by atoms with Gasteiger partial charge in [0.2, 0.25) is 0 Å².